The zero-order valence-corrected chi connectivity index (χ0v) is 12.7. The molecule has 1 heterocycles. The summed E-state index contributed by atoms with van der Waals surface area (Å²) in [6.45, 7) is 0. The van der Waals surface area contributed by atoms with Crippen molar-refractivity contribution in [3.8, 4) is 5.75 Å². The smallest absolute Gasteiger partial charge is 0.323 e. The maximum absolute atomic E-state index is 12.5. The van der Waals surface area contributed by atoms with Gasteiger partial charge in [-0.25, -0.2) is 4.79 Å². The third-order valence-corrected chi connectivity index (χ3v) is 3.86. The van der Waals surface area contributed by atoms with E-state index in [0.29, 0.717) is 32.4 Å². The van der Waals surface area contributed by atoms with E-state index < -0.39 is 0 Å². The van der Waals surface area contributed by atoms with E-state index in [1.54, 1.807) is 43.5 Å². The highest BCUT2D eigenvalue weighted by atomic mass is 79.9. The molecule has 21 heavy (non-hydrogen) atoms. The van der Waals surface area contributed by atoms with Crippen LogP contribution >= 0.6 is 15.9 Å². The largest absolute Gasteiger partial charge is 0.497 e. The first kappa shape index (κ1) is 13.6. The van der Waals surface area contributed by atoms with E-state index in [4.69, 9.17) is 4.74 Å². The summed E-state index contributed by atoms with van der Waals surface area (Å²) < 4.78 is 5.70. The lowest BCUT2D eigenvalue weighted by Gasteiger charge is -2.05. The second kappa shape index (κ2) is 5.21. The van der Waals surface area contributed by atoms with Crippen LogP contribution in [0.4, 0.5) is 0 Å². The number of rotatable bonds is 3. The average molecular weight is 347 g/mol. The molecule has 0 aliphatic carbocycles. The van der Waals surface area contributed by atoms with Crippen molar-refractivity contribution in [3.63, 3.8) is 0 Å². The number of H-pyrrole nitrogens is 2. The van der Waals surface area contributed by atoms with E-state index in [0.717, 1.165) is 0 Å². The zero-order chi connectivity index (χ0) is 15.0. The van der Waals surface area contributed by atoms with Gasteiger partial charge in [0.15, 0.2) is 5.78 Å². The number of ketones is 1. The van der Waals surface area contributed by atoms with Crippen molar-refractivity contribution in [1.29, 1.82) is 0 Å². The number of carbonyl (C=O) groups is 1. The molecule has 0 radical (unpaired) electrons. The number of aromatic amines is 2. The Labute approximate surface area is 128 Å². The summed E-state index contributed by atoms with van der Waals surface area (Å²) in [5.74, 6) is 0.560. The quantitative estimate of drug-likeness (QED) is 0.716. The van der Waals surface area contributed by atoms with Crippen LogP contribution in [0.15, 0.2) is 45.7 Å². The summed E-state index contributed by atoms with van der Waals surface area (Å²) in [6, 6.07) is 10.2. The van der Waals surface area contributed by atoms with E-state index in [1.165, 1.54) is 0 Å². The highest BCUT2D eigenvalue weighted by molar-refractivity contribution is 9.10. The zero-order valence-electron chi connectivity index (χ0n) is 11.1. The normalized spacial score (nSPS) is 10.8. The number of imidazole rings is 1. The van der Waals surface area contributed by atoms with Gasteiger partial charge in [-0.2, -0.15) is 0 Å². The predicted molar refractivity (Wildman–Crippen MR) is 83.0 cm³/mol. The Morgan fingerprint density at radius 1 is 1.10 bits per heavy atom. The Morgan fingerprint density at radius 3 is 2.33 bits per heavy atom. The van der Waals surface area contributed by atoms with Crippen LogP contribution in [0, 0.1) is 0 Å². The lowest BCUT2D eigenvalue weighted by Crippen LogP contribution is -2.02. The van der Waals surface area contributed by atoms with Gasteiger partial charge < -0.3 is 14.7 Å². The highest BCUT2D eigenvalue weighted by Crippen LogP contribution is 2.25. The van der Waals surface area contributed by atoms with Gasteiger partial charge in [0.2, 0.25) is 0 Å². The third kappa shape index (κ3) is 2.50. The number of halogens is 1. The molecule has 5 nitrogen and oxygen atoms in total. The minimum Gasteiger partial charge on any atom is -0.497 e. The number of carbonyl (C=O) groups excluding carboxylic acids is 1. The van der Waals surface area contributed by atoms with Crippen LogP contribution in [-0.4, -0.2) is 22.9 Å². The maximum Gasteiger partial charge on any atom is 0.323 e. The van der Waals surface area contributed by atoms with Crippen molar-refractivity contribution in [2.24, 2.45) is 0 Å². The molecule has 0 aliphatic heterocycles. The molecule has 0 unspecified atom stereocenters. The molecular formula is C15H11BrN2O3. The van der Waals surface area contributed by atoms with Crippen molar-refractivity contribution in [2.45, 2.75) is 0 Å². The van der Waals surface area contributed by atoms with Crippen LogP contribution in [0.5, 0.6) is 5.75 Å². The second-order valence-electron chi connectivity index (χ2n) is 4.51. The summed E-state index contributed by atoms with van der Waals surface area (Å²) >= 11 is 3.37. The van der Waals surface area contributed by atoms with Crippen LogP contribution < -0.4 is 10.4 Å². The molecule has 0 saturated carbocycles. The van der Waals surface area contributed by atoms with Gasteiger partial charge in [-0.15, -0.1) is 0 Å². The number of methoxy groups -OCH3 is 1. The van der Waals surface area contributed by atoms with Crippen LogP contribution in [0.3, 0.4) is 0 Å². The molecule has 0 aliphatic rings. The second-order valence-corrected chi connectivity index (χ2v) is 5.37. The van der Waals surface area contributed by atoms with Gasteiger partial charge in [-0.1, -0.05) is 0 Å². The maximum atomic E-state index is 12.5. The fourth-order valence-electron chi connectivity index (χ4n) is 2.13. The minimum atomic E-state index is -0.300. The number of aromatic nitrogens is 2. The lowest BCUT2D eigenvalue weighted by atomic mass is 10.0. The molecule has 0 amide bonds. The van der Waals surface area contributed by atoms with E-state index in [9.17, 15) is 9.59 Å². The molecule has 0 atom stereocenters. The molecule has 6 heteroatoms. The van der Waals surface area contributed by atoms with Gasteiger partial charge >= 0.3 is 5.69 Å². The van der Waals surface area contributed by atoms with Crippen molar-refractivity contribution in [1.82, 2.24) is 9.97 Å². The molecular weight excluding hydrogens is 336 g/mol. The van der Waals surface area contributed by atoms with Gasteiger partial charge in [0.1, 0.15) is 5.75 Å². The van der Waals surface area contributed by atoms with Crippen LogP contribution in [0.2, 0.25) is 0 Å². The lowest BCUT2D eigenvalue weighted by molar-refractivity contribution is 0.103. The van der Waals surface area contributed by atoms with Gasteiger partial charge in [0, 0.05) is 15.6 Å². The van der Waals surface area contributed by atoms with E-state index in [1.807, 2.05) is 0 Å². The first-order chi connectivity index (χ1) is 10.1. The van der Waals surface area contributed by atoms with Gasteiger partial charge in [-0.3, -0.25) is 4.79 Å². The van der Waals surface area contributed by atoms with Gasteiger partial charge in [0.25, 0.3) is 0 Å². The number of fused-ring (bicyclic) bond motifs is 1. The molecule has 3 rings (SSSR count). The number of ether oxygens (including phenoxy) is 1. The standard InChI is InChI=1S/C15H11BrN2O3/c1-21-9-4-2-8(3-5-9)14(19)10-6-12-13(7-11(10)16)18-15(20)17-12/h2-7H,1H3,(H2,17,18,20). The summed E-state index contributed by atoms with van der Waals surface area (Å²) in [7, 11) is 1.57. The summed E-state index contributed by atoms with van der Waals surface area (Å²) in [5.41, 5.74) is 1.99. The van der Waals surface area contributed by atoms with Crippen molar-refractivity contribution in [2.75, 3.05) is 7.11 Å². The van der Waals surface area contributed by atoms with Crippen molar-refractivity contribution in [3.05, 3.63) is 62.5 Å². The Balaban J connectivity index is 2.07. The van der Waals surface area contributed by atoms with E-state index in [2.05, 4.69) is 25.9 Å². The number of nitrogens with one attached hydrogen (secondary N) is 2. The number of hydrogen-bond donors (Lipinski definition) is 2. The predicted octanol–water partition coefficient (Wildman–Crippen LogP) is 2.86. The molecule has 0 fully saturated rings. The topological polar surface area (TPSA) is 75.0 Å². The molecule has 2 aromatic carbocycles. The van der Waals surface area contributed by atoms with Crippen LogP contribution in [0.25, 0.3) is 11.0 Å². The molecule has 0 bridgehead atoms. The molecule has 0 saturated heterocycles. The fraction of sp³-hybridized carbons (Fsp3) is 0.0667. The number of hydrogen-bond acceptors (Lipinski definition) is 3. The Hall–Kier alpha value is -2.34. The highest BCUT2D eigenvalue weighted by Gasteiger charge is 2.15. The molecule has 3 aromatic rings. The molecule has 2 N–H and O–H groups in total. The average Bonchev–Trinajstić information content (AvgIpc) is 2.85. The van der Waals surface area contributed by atoms with Crippen molar-refractivity contribution >= 4 is 32.7 Å². The van der Waals surface area contributed by atoms with Crippen LogP contribution in [-0.2, 0) is 0 Å². The minimum absolute atomic E-state index is 0.131. The molecule has 0 spiro atoms. The summed E-state index contributed by atoms with van der Waals surface area (Å²) in [4.78, 5) is 29.1. The van der Waals surface area contributed by atoms with E-state index >= 15 is 0 Å². The van der Waals surface area contributed by atoms with Gasteiger partial charge in [0.05, 0.1) is 18.1 Å². The van der Waals surface area contributed by atoms with E-state index in [-0.39, 0.29) is 11.5 Å². The Bertz CT molecular complexity index is 878. The fourth-order valence-corrected chi connectivity index (χ4v) is 2.65. The first-order valence-corrected chi connectivity index (χ1v) is 6.98. The molecule has 1 aromatic heterocycles. The van der Waals surface area contributed by atoms with Crippen LogP contribution in [0.1, 0.15) is 15.9 Å². The summed E-state index contributed by atoms with van der Waals surface area (Å²) in [5, 5.41) is 0. The monoisotopic (exact) mass is 346 g/mol. The van der Waals surface area contributed by atoms with Gasteiger partial charge in [-0.05, 0) is 52.3 Å². The summed E-state index contributed by atoms with van der Waals surface area (Å²) in [6.07, 6.45) is 0. The Morgan fingerprint density at radius 2 is 1.71 bits per heavy atom. The third-order valence-electron chi connectivity index (χ3n) is 3.20. The number of benzene rings is 2. The molecule has 106 valence electrons. The first-order valence-electron chi connectivity index (χ1n) is 6.19. The SMILES string of the molecule is COc1ccc(C(=O)c2cc3[nH]c(=O)[nH]c3cc2Br)cc1. The van der Waals surface area contributed by atoms with Crippen molar-refractivity contribution < 1.29 is 9.53 Å². The Kier molecular flexibility index (Phi) is 3.39.